The van der Waals surface area contributed by atoms with E-state index in [2.05, 4.69) is 26.2 Å². The van der Waals surface area contributed by atoms with E-state index < -0.39 is 5.60 Å². The number of pyridine rings is 1. The van der Waals surface area contributed by atoms with Gasteiger partial charge < -0.3 is 10.4 Å². The largest absolute Gasteiger partial charge is 0.390 e. The Bertz CT molecular complexity index is 492. The number of halogens is 2. The van der Waals surface area contributed by atoms with Crippen LogP contribution in [0.2, 0.25) is 5.02 Å². The Balaban J connectivity index is 2.13. The molecular formula is C12H14BrClN2O. The third kappa shape index (κ3) is 1.69. The van der Waals surface area contributed by atoms with Gasteiger partial charge in [0.15, 0.2) is 0 Å². The lowest BCUT2D eigenvalue weighted by Crippen LogP contribution is -2.29. The van der Waals surface area contributed by atoms with Crippen molar-refractivity contribution in [1.82, 2.24) is 4.98 Å². The molecule has 1 aliphatic heterocycles. The lowest BCUT2D eigenvalue weighted by molar-refractivity contribution is 0.0619. The second kappa shape index (κ2) is 3.59. The van der Waals surface area contributed by atoms with Crippen LogP contribution in [0.4, 0.5) is 5.82 Å². The van der Waals surface area contributed by atoms with E-state index in [4.69, 9.17) is 11.6 Å². The molecule has 0 radical (unpaired) electrons. The van der Waals surface area contributed by atoms with Crippen LogP contribution in [0.1, 0.15) is 31.7 Å². The van der Waals surface area contributed by atoms with Crippen molar-refractivity contribution in [3.63, 3.8) is 0 Å². The number of aromatic nitrogens is 1. The highest BCUT2D eigenvalue weighted by Crippen LogP contribution is 2.53. The van der Waals surface area contributed by atoms with Crippen LogP contribution in [0.25, 0.3) is 0 Å². The van der Waals surface area contributed by atoms with Gasteiger partial charge in [0.1, 0.15) is 5.82 Å². The molecule has 0 bridgehead atoms. The molecule has 1 fully saturated rings. The van der Waals surface area contributed by atoms with Crippen molar-refractivity contribution in [2.75, 3.05) is 11.9 Å². The first kappa shape index (κ1) is 11.8. The van der Waals surface area contributed by atoms with Crippen molar-refractivity contribution in [2.24, 2.45) is 0 Å². The summed E-state index contributed by atoms with van der Waals surface area (Å²) in [6.07, 6.45) is 4.24. The SMILES string of the molecule is CC1(O)CCC2(CNc3ncc(Br)c(Cl)c32)C1. The molecule has 0 amide bonds. The van der Waals surface area contributed by atoms with Gasteiger partial charge in [0.05, 0.1) is 15.1 Å². The lowest BCUT2D eigenvalue weighted by Gasteiger charge is -2.26. The summed E-state index contributed by atoms with van der Waals surface area (Å²) in [5.41, 5.74) is 0.438. The zero-order valence-electron chi connectivity index (χ0n) is 9.56. The van der Waals surface area contributed by atoms with Crippen molar-refractivity contribution in [2.45, 2.75) is 37.2 Å². The van der Waals surface area contributed by atoms with E-state index >= 15 is 0 Å². The Morgan fingerprint density at radius 1 is 1.53 bits per heavy atom. The van der Waals surface area contributed by atoms with Crippen molar-refractivity contribution in [3.05, 3.63) is 21.3 Å². The summed E-state index contributed by atoms with van der Waals surface area (Å²) in [5, 5.41) is 14.2. The minimum atomic E-state index is -0.588. The molecule has 1 aromatic heterocycles. The molecule has 0 saturated heterocycles. The normalized spacial score (nSPS) is 35.1. The monoisotopic (exact) mass is 316 g/mol. The Morgan fingerprint density at radius 2 is 2.29 bits per heavy atom. The smallest absolute Gasteiger partial charge is 0.131 e. The van der Waals surface area contributed by atoms with Gasteiger partial charge in [-0.2, -0.15) is 0 Å². The Morgan fingerprint density at radius 3 is 2.94 bits per heavy atom. The molecule has 2 N–H and O–H groups in total. The highest BCUT2D eigenvalue weighted by atomic mass is 79.9. The molecule has 1 aliphatic carbocycles. The van der Waals surface area contributed by atoms with E-state index in [1.165, 1.54) is 0 Å². The van der Waals surface area contributed by atoms with E-state index in [9.17, 15) is 5.11 Å². The minimum absolute atomic E-state index is 0.0489. The minimum Gasteiger partial charge on any atom is -0.390 e. The maximum Gasteiger partial charge on any atom is 0.131 e. The third-order valence-electron chi connectivity index (χ3n) is 3.96. The number of anilines is 1. The summed E-state index contributed by atoms with van der Waals surface area (Å²) in [5.74, 6) is 0.871. The number of fused-ring (bicyclic) bond motifs is 2. The fourth-order valence-electron chi connectivity index (χ4n) is 3.20. The van der Waals surface area contributed by atoms with Crippen LogP contribution in [0.3, 0.4) is 0 Å². The predicted octanol–water partition coefficient (Wildman–Crippen LogP) is 3.10. The summed E-state index contributed by atoms with van der Waals surface area (Å²) in [6.45, 7) is 2.72. The fraction of sp³-hybridized carbons (Fsp3) is 0.583. The molecule has 1 spiro atoms. The zero-order chi connectivity index (χ0) is 12.3. The number of aliphatic hydroxyl groups is 1. The van der Waals surface area contributed by atoms with Crippen LogP contribution < -0.4 is 5.32 Å². The van der Waals surface area contributed by atoms with E-state index in [1.807, 2.05) is 6.92 Å². The zero-order valence-corrected chi connectivity index (χ0v) is 11.9. The molecule has 2 unspecified atom stereocenters. The molecule has 2 heterocycles. The third-order valence-corrected chi connectivity index (χ3v) is 5.18. The molecule has 3 rings (SSSR count). The topological polar surface area (TPSA) is 45.1 Å². The Kier molecular flexibility index (Phi) is 2.48. The average Bonchev–Trinajstić information content (AvgIpc) is 2.75. The standard InChI is InChI=1S/C12H14BrClN2O/c1-11(17)2-3-12(5-11)6-16-10-8(12)9(14)7(13)4-15-10/h4,17H,2-3,5-6H2,1H3,(H,15,16). The van der Waals surface area contributed by atoms with Gasteiger partial charge in [0, 0.05) is 23.7 Å². The number of hydrogen-bond donors (Lipinski definition) is 2. The second-order valence-electron chi connectivity index (χ2n) is 5.45. The van der Waals surface area contributed by atoms with Gasteiger partial charge in [-0.05, 0) is 42.1 Å². The van der Waals surface area contributed by atoms with Crippen LogP contribution in [-0.2, 0) is 5.41 Å². The van der Waals surface area contributed by atoms with Crippen LogP contribution in [0, 0.1) is 0 Å². The van der Waals surface area contributed by atoms with E-state index in [0.717, 1.165) is 46.7 Å². The Labute approximate surface area is 114 Å². The second-order valence-corrected chi connectivity index (χ2v) is 6.68. The number of rotatable bonds is 0. The number of nitrogens with one attached hydrogen (secondary N) is 1. The van der Waals surface area contributed by atoms with Crippen LogP contribution >= 0.6 is 27.5 Å². The number of nitrogens with zero attached hydrogens (tertiary/aromatic N) is 1. The first-order valence-corrected chi connectivity index (χ1v) is 6.91. The van der Waals surface area contributed by atoms with Crippen LogP contribution in [-0.4, -0.2) is 22.2 Å². The van der Waals surface area contributed by atoms with Crippen molar-refractivity contribution >= 4 is 33.3 Å². The first-order valence-electron chi connectivity index (χ1n) is 5.74. The summed E-state index contributed by atoms with van der Waals surface area (Å²) in [4.78, 5) is 4.36. The van der Waals surface area contributed by atoms with Crippen LogP contribution in [0.15, 0.2) is 10.7 Å². The van der Waals surface area contributed by atoms with E-state index in [0.29, 0.717) is 0 Å². The van der Waals surface area contributed by atoms with Gasteiger partial charge >= 0.3 is 0 Å². The molecule has 2 aliphatic rings. The summed E-state index contributed by atoms with van der Waals surface area (Å²) in [7, 11) is 0. The van der Waals surface area contributed by atoms with E-state index in [1.54, 1.807) is 6.20 Å². The molecular weight excluding hydrogens is 304 g/mol. The van der Waals surface area contributed by atoms with Gasteiger partial charge in [0.25, 0.3) is 0 Å². The van der Waals surface area contributed by atoms with Gasteiger partial charge in [0.2, 0.25) is 0 Å². The summed E-state index contributed by atoms with van der Waals surface area (Å²) >= 11 is 9.82. The van der Waals surface area contributed by atoms with Crippen LogP contribution in [0.5, 0.6) is 0 Å². The van der Waals surface area contributed by atoms with E-state index in [-0.39, 0.29) is 5.41 Å². The van der Waals surface area contributed by atoms with Crippen molar-refractivity contribution < 1.29 is 5.11 Å². The van der Waals surface area contributed by atoms with Crippen molar-refractivity contribution in [1.29, 1.82) is 0 Å². The maximum absolute atomic E-state index is 10.2. The van der Waals surface area contributed by atoms with Gasteiger partial charge in [-0.1, -0.05) is 11.6 Å². The average molecular weight is 318 g/mol. The number of hydrogen-bond acceptors (Lipinski definition) is 3. The highest BCUT2D eigenvalue weighted by molar-refractivity contribution is 9.10. The molecule has 5 heteroatoms. The quantitative estimate of drug-likeness (QED) is 0.773. The summed E-state index contributed by atoms with van der Waals surface area (Å²) in [6, 6.07) is 0. The molecule has 92 valence electrons. The summed E-state index contributed by atoms with van der Waals surface area (Å²) < 4.78 is 0.826. The van der Waals surface area contributed by atoms with Gasteiger partial charge in [-0.3, -0.25) is 0 Å². The molecule has 0 aromatic carbocycles. The molecule has 3 nitrogen and oxygen atoms in total. The maximum atomic E-state index is 10.2. The van der Waals surface area contributed by atoms with Crippen molar-refractivity contribution in [3.8, 4) is 0 Å². The molecule has 1 aromatic rings. The molecule has 2 atom stereocenters. The predicted molar refractivity (Wildman–Crippen MR) is 71.6 cm³/mol. The first-order chi connectivity index (χ1) is 7.94. The van der Waals surface area contributed by atoms with Gasteiger partial charge in [-0.25, -0.2) is 4.98 Å². The Hall–Kier alpha value is -0.320. The lowest BCUT2D eigenvalue weighted by atomic mass is 9.80. The molecule has 17 heavy (non-hydrogen) atoms. The molecule has 1 saturated carbocycles. The highest BCUT2D eigenvalue weighted by Gasteiger charge is 2.50. The van der Waals surface area contributed by atoms with Gasteiger partial charge in [-0.15, -0.1) is 0 Å². The fourth-order valence-corrected chi connectivity index (χ4v) is 3.84.